The number of rotatable bonds is 3. The fourth-order valence-corrected chi connectivity index (χ4v) is 3.52. The summed E-state index contributed by atoms with van der Waals surface area (Å²) in [7, 11) is 0. The molecule has 3 nitrogen and oxygen atoms in total. The Morgan fingerprint density at radius 3 is 2.84 bits per heavy atom. The number of imidazole rings is 1. The molecular formula is C16H23N3. The van der Waals surface area contributed by atoms with Crippen LogP contribution in [0, 0.1) is 5.92 Å². The summed E-state index contributed by atoms with van der Waals surface area (Å²) in [5, 5.41) is 0. The van der Waals surface area contributed by atoms with Gasteiger partial charge >= 0.3 is 0 Å². The van der Waals surface area contributed by atoms with E-state index in [4.69, 9.17) is 10.7 Å². The predicted octanol–water partition coefficient (Wildman–Crippen LogP) is 3.29. The largest absolute Gasteiger partial charge is 0.330 e. The smallest absolute Gasteiger partial charge is 0.109 e. The highest BCUT2D eigenvalue weighted by atomic mass is 15.1. The topological polar surface area (TPSA) is 43.8 Å². The number of nitrogens with two attached hydrogens (primary N) is 1. The Morgan fingerprint density at radius 2 is 2.05 bits per heavy atom. The first-order valence-corrected chi connectivity index (χ1v) is 7.51. The maximum Gasteiger partial charge on any atom is 0.109 e. The zero-order valence-electron chi connectivity index (χ0n) is 11.7. The van der Waals surface area contributed by atoms with Crippen molar-refractivity contribution in [2.24, 2.45) is 11.7 Å². The second-order valence-electron chi connectivity index (χ2n) is 5.59. The van der Waals surface area contributed by atoms with Gasteiger partial charge in [-0.3, -0.25) is 0 Å². The van der Waals surface area contributed by atoms with Crippen molar-refractivity contribution >= 4 is 11.0 Å². The Bertz CT molecular complexity index is 558. The minimum atomic E-state index is 0.543. The van der Waals surface area contributed by atoms with Gasteiger partial charge in [0, 0.05) is 12.5 Å². The molecule has 102 valence electrons. The van der Waals surface area contributed by atoms with E-state index in [0.29, 0.717) is 12.0 Å². The molecular weight excluding hydrogens is 234 g/mol. The van der Waals surface area contributed by atoms with Crippen LogP contribution in [0.2, 0.25) is 0 Å². The van der Waals surface area contributed by atoms with Crippen molar-refractivity contribution in [2.75, 3.05) is 6.54 Å². The molecule has 0 aliphatic heterocycles. The summed E-state index contributed by atoms with van der Waals surface area (Å²) in [6.07, 6.45) is 6.14. The van der Waals surface area contributed by atoms with Crippen LogP contribution in [0.1, 0.15) is 44.5 Å². The summed E-state index contributed by atoms with van der Waals surface area (Å²) in [6, 6.07) is 9.04. The summed E-state index contributed by atoms with van der Waals surface area (Å²) >= 11 is 0. The number of hydrogen-bond acceptors (Lipinski definition) is 2. The van der Waals surface area contributed by atoms with Gasteiger partial charge in [-0.15, -0.1) is 0 Å². The van der Waals surface area contributed by atoms with E-state index in [1.54, 1.807) is 0 Å². The van der Waals surface area contributed by atoms with E-state index in [9.17, 15) is 0 Å². The highest BCUT2D eigenvalue weighted by molar-refractivity contribution is 5.76. The van der Waals surface area contributed by atoms with Gasteiger partial charge in [-0.05, 0) is 37.4 Å². The Morgan fingerprint density at radius 1 is 1.26 bits per heavy atom. The van der Waals surface area contributed by atoms with Crippen LogP contribution in [-0.2, 0) is 6.42 Å². The van der Waals surface area contributed by atoms with Crippen LogP contribution in [0.4, 0.5) is 0 Å². The van der Waals surface area contributed by atoms with Gasteiger partial charge in [0.25, 0.3) is 0 Å². The Hall–Kier alpha value is -1.35. The number of hydrogen-bond donors (Lipinski definition) is 1. The predicted molar refractivity (Wildman–Crippen MR) is 79.2 cm³/mol. The van der Waals surface area contributed by atoms with Gasteiger partial charge in [0.05, 0.1) is 11.0 Å². The van der Waals surface area contributed by atoms with E-state index in [0.717, 1.165) is 18.5 Å². The van der Waals surface area contributed by atoms with E-state index in [-0.39, 0.29) is 0 Å². The van der Waals surface area contributed by atoms with Crippen molar-refractivity contribution in [3.63, 3.8) is 0 Å². The Labute approximate surface area is 114 Å². The summed E-state index contributed by atoms with van der Waals surface area (Å²) in [4.78, 5) is 4.80. The minimum absolute atomic E-state index is 0.543. The van der Waals surface area contributed by atoms with Crippen LogP contribution < -0.4 is 5.73 Å². The quantitative estimate of drug-likeness (QED) is 0.917. The summed E-state index contributed by atoms with van der Waals surface area (Å²) in [6.45, 7) is 2.98. The standard InChI is InChI=1S/C16H23N3/c1-2-16-18-13-8-4-6-10-15(13)19(16)14-9-5-3-7-12(14)11-17/h4,6,8,10,12,14H,2-3,5,7,9,11,17H2,1H3. The molecule has 1 aromatic heterocycles. The average Bonchev–Trinajstić information content (AvgIpc) is 2.85. The monoisotopic (exact) mass is 257 g/mol. The lowest BCUT2D eigenvalue weighted by molar-refractivity contribution is 0.245. The summed E-state index contributed by atoms with van der Waals surface area (Å²) in [5.74, 6) is 1.82. The first kappa shape index (κ1) is 12.7. The van der Waals surface area contributed by atoms with Crippen LogP contribution in [0.3, 0.4) is 0 Å². The van der Waals surface area contributed by atoms with Gasteiger partial charge in [-0.2, -0.15) is 0 Å². The van der Waals surface area contributed by atoms with Gasteiger partial charge in [-0.25, -0.2) is 4.98 Å². The molecule has 2 unspecified atom stereocenters. The molecule has 0 saturated heterocycles. The van der Waals surface area contributed by atoms with Crippen molar-refractivity contribution in [3.8, 4) is 0 Å². The highest BCUT2D eigenvalue weighted by Crippen LogP contribution is 2.36. The first-order valence-electron chi connectivity index (χ1n) is 7.51. The Balaban J connectivity index is 2.11. The molecule has 3 heteroatoms. The lowest BCUT2D eigenvalue weighted by atomic mass is 9.84. The fraction of sp³-hybridized carbons (Fsp3) is 0.562. The van der Waals surface area contributed by atoms with Gasteiger partial charge in [-0.1, -0.05) is 31.9 Å². The normalized spacial score (nSPS) is 23.9. The third kappa shape index (κ3) is 2.16. The molecule has 1 fully saturated rings. The van der Waals surface area contributed by atoms with Crippen LogP contribution >= 0.6 is 0 Å². The van der Waals surface area contributed by atoms with E-state index in [1.807, 2.05) is 0 Å². The molecule has 1 aliphatic carbocycles. The number of nitrogens with zero attached hydrogens (tertiary/aromatic N) is 2. The van der Waals surface area contributed by atoms with E-state index in [2.05, 4.69) is 35.8 Å². The van der Waals surface area contributed by atoms with E-state index in [1.165, 1.54) is 37.0 Å². The number of aryl methyl sites for hydroxylation is 1. The molecule has 2 atom stereocenters. The summed E-state index contributed by atoms with van der Waals surface area (Å²) in [5.41, 5.74) is 8.41. The molecule has 1 aliphatic rings. The molecule has 1 heterocycles. The number of aromatic nitrogens is 2. The van der Waals surface area contributed by atoms with Gasteiger partial charge in [0.1, 0.15) is 5.82 Å². The molecule has 19 heavy (non-hydrogen) atoms. The molecule has 2 N–H and O–H groups in total. The zero-order chi connectivity index (χ0) is 13.2. The second-order valence-corrected chi connectivity index (χ2v) is 5.59. The van der Waals surface area contributed by atoms with Gasteiger partial charge in [0.2, 0.25) is 0 Å². The zero-order valence-corrected chi connectivity index (χ0v) is 11.7. The Kier molecular flexibility index (Phi) is 3.56. The fourth-order valence-electron chi connectivity index (χ4n) is 3.52. The molecule has 0 amide bonds. The number of para-hydroxylation sites is 2. The third-order valence-electron chi connectivity index (χ3n) is 4.49. The van der Waals surface area contributed by atoms with Crippen LogP contribution in [-0.4, -0.2) is 16.1 Å². The van der Waals surface area contributed by atoms with Crippen molar-refractivity contribution in [3.05, 3.63) is 30.1 Å². The third-order valence-corrected chi connectivity index (χ3v) is 4.49. The van der Waals surface area contributed by atoms with E-state index >= 15 is 0 Å². The molecule has 0 radical (unpaired) electrons. The van der Waals surface area contributed by atoms with Gasteiger partial charge < -0.3 is 10.3 Å². The minimum Gasteiger partial charge on any atom is -0.330 e. The molecule has 0 spiro atoms. The van der Waals surface area contributed by atoms with Crippen molar-refractivity contribution in [1.82, 2.24) is 9.55 Å². The molecule has 2 aromatic rings. The average molecular weight is 257 g/mol. The number of benzene rings is 1. The molecule has 0 bridgehead atoms. The van der Waals surface area contributed by atoms with E-state index < -0.39 is 0 Å². The van der Waals surface area contributed by atoms with Crippen LogP contribution in [0.15, 0.2) is 24.3 Å². The van der Waals surface area contributed by atoms with Crippen LogP contribution in [0.25, 0.3) is 11.0 Å². The van der Waals surface area contributed by atoms with Crippen molar-refractivity contribution < 1.29 is 0 Å². The first-order chi connectivity index (χ1) is 9.35. The highest BCUT2D eigenvalue weighted by Gasteiger charge is 2.28. The molecule has 1 aromatic carbocycles. The lowest BCUT2D eigenvalue weighted by Crippen LogP contribution is -2.30. The van der Waals surface area contributed by atoms with Crippen molar-refractivity contribution in [2.45, 2.75) is 45.1 Å². The summed E-state index contributed by atoms with van der Waals surface area (Å²) < 4.78 is 2.48. The SMILES string of the molecule is CCc1nc2ccccc2n1C1CCCCC1CN. The maximum atomic E-state index is 6.00. The maximum absolute atomic E-state index is 6.00. The van der Waals surface area contributed by atoms with Crippen molar-refractivity contribution in [1.29, 1.82) is 0 Å². The molecule has 3 rings (SSSR count). The second kappa shape index (κ2) is 5.33. The number of fused-ring (bicyclic) bond motifs is 1. The lowest BCUT2D eigenvalue weighted by Gasteiger charge is -2.33. The van der Waals surface area contributed by atoms with Gasteiger partial charge in [0.15, 0.2) is 0 Å². The van der Waals surface area contributed by atoms with Crippen LogP contribution in [0.5, 0.6) is 0 Å². The molecule has 1 saturated carbocycles.